The highest BCUT2D eigenvalue weighted by atomic mass is 19.1. The van der Waals surface area contributed by atoms with Crippen molar-refractivity contribution in [3.8, 4) is 23.0 Å². The van der Waals surface area contributed by atoms with Crippen LogP contribution in [0.3, 0.4) is 0 Å². The van der Waals surface area contributed by atoms with Crippen LogP contribution in [0.5, 0.6) is 23.0 Å². The first-order valence-electron chi connectivity index (χ1n) is 13.5. The van der Waals surface area contributed by atoms with Crippen molar-refractivity contribution in [3.63, 3.8) is 0 Å². The number of halogens is 1. The summed E-state index contributed by atoms with van der Waals surface area (Å²) in [5.41, 5.74) is 2.37. The largest absolute Gasteiger partial charge is 0.497 e. The van der Waals surface area contributed by atoms with E-state index in [1.54, 1.807) is 6.07 Å². The van der Waals surface area contributed by atoms with E-state index in [0.717, 1.165) is 29.3 Å². The first-order valence-corrected chi connectivity index (χ1v) is 13.5. The molecule has 0 amide bonds. The highest BCUT2D eigenvalue weighted by Gasteiger charge is 2.04. The van der Waals surface area contributed by atoms with Crippen LogP contribution < -0.4 is 14.2 Å². The van der Waals surface area contributed by atoms with Crippen LogP contribution in [0.1, 0.15) is 52.2 Å². The Morgan fingerprint density at radius 2 is 1.23 bits per heavy atom. The molecule has 0 heterocycles. The SMILES string of the molecule is CC.CC.CCOC1=CCC=CC(Oc2ccc(C)cc2)=C1.COc1cc(F)cc(Oc2ccc(C)cc2)c1. The van der Waals surface area contributed by atoms with E-state index in [2.05, 4.69) is 13.0 Å². The molecule has 5 heteroatoms. The molecular weight excluding hydrogens is 491 g/mol. The van der Waals surface area contributed by atoms with Crippen LogP contribution in [-0.4, -0.2) is 13.7 Å². The van der Waals surface area contributed by atoms with Crippen LogP contribution in [-0.2, 0) is 4.74 Å². The minimum Gasteiger partial charge on any atom is -0.497 e. The Labute approximate surface area is 234 Å². The highest BCUT2D eigenvalue weighted by molar-refractivity contribution is 5.38. The molecule has 0 unspecified atom stereocenters. The van der Waals surface area contributed by atoms with Crippen LogP contribution in [0.25, 0.3) is 0 Å². The van der Waals surface area contributed by atoms with Gasteiger partial charge >= 0.3 is 0 Å². The van der Waals surface area contributed by atoms with Gasteiger partial charge in [0.05, 0.1) is 13.7 Å². The maximum atomic E-state index is 13.2. The number of ether oxygens (including phenoxy) is 4. The van der Waals surface area contributed by atoms with E-state index in [4.69, 9.17) is 18.9 Å². The molecular formula is C34H43FO4. The van der Waals surface area contributed by atoms with Gasteiger partial charge in [0.25, 0.3) is 0 Å². The lowest BCUT2D eigenvalue weighted by Gasteiger charge is -2.08. The molecule has 0 spiro atoms. The zero-order chi connectivity index (χ0) is 29.0. The van der Waals surface area contributed by atoms with Crippen molar-refractivity contribution in [2.75, 3.05) is 13.7 Å². The molecule has 0 saturated carbocycles. The standard InChI is InChI=1S/C16H18O2.C14H13FO2.2C2H6/c1-3-17-15-6-4-5-7-16(12-15)18-14-10-8-13(2)9-11-14;1-10-3-5-12(6-4-10)17-14-8-11(15)7-13(9-14)16-2;2*1-2/h5-12H,3-4H2,1-2H3;3-9H,1-2H3;2*1-2H3. The van der Waals surface area contributed by atoms with E-state index in [9.17, 15) is 4.39 Å². The third-order valence-electron chi connectivity index (χ3n) is 4.93. The summed E-state index contributed by atoms with van der Waals surface area (Å²) in [6, 6.07) is 19.8. The molecule has 4 nitrogen and oxygen atoms in total. The molecule has 0 saturated heterocycles. The number of benzene rings is 3. The van der Waals surface area contributed by atoms with Crippen LogP contribution in [0, 0.1) is 19.7 Å². The van der Waals surface area contributed by atoms with Crippen molar-refractivity contribution in [2.24, 2.45) is 0 Å². The Balaban J connectivity index is 0.000000347. The molecule has 210 valence electrons. The molecule has 3 aromatic carbocycles. The Morgan fingerprint density at radius 3 is 1.77 bits per heavy atom. The summed E-state index contributed by atoms with van der Waals surface area (Å²) < 4.78 is 35.1. The third kappa shape index (κ3) is 12.9. The molecule has 0 fully saturated rings. The topological polar surface area (TPSA) is 36.9 Å². The second kappa shape index (κ2) is 19.1. The molecule has 39 heavy (non-hydrogen) atoms. The summed E-state index contributed by atoms with van der Waals surface area (Å²) in [6.45, 7) is 14.7. The first-order chi connectivity index (χ1) is 18.9. The average molecular weight is 535 g/mol. The van der Waals surface area contributed by atoms with E-state index in [-0.39, 0.29) is 5.82 Å². The van der Waals surface area contributed by atoms with Crippen molar-refractivity contribution in [1.82, 2.24) is 0 Å². The predicted octanol–water partition coefficient (Wildman–Crippen LogP) is 10.1. The fourth-order valence-electron chi connectivity index (χ4n) is 3.14. The predicted molar refractivity (Wildman–Crippen MR) is 160 cm³/mol. The number of methoxy groups -OCH3 is 1. The second-order valence-corrected chi connectivity index (χ2v) is 7.88. The zero-order valence-electron chi connectivity index (χ0n) is 24.6. The summed E-state index contributed by atoms with van der Waals surface area (Å²) in [6.07, 6.45) is 8.87. The molecule has 3 aromatic rings. The third-order valence-corrected chi connectivity index (χ3v) is 4.93. The summed E-state index contributed by atoms with van der Waals surface area (Å²) >= 11 is 0. The highest BCUT2D eigenvalue weighted by Crippen LogP contribution is 2.27. The Kier molecular flexibility index (Phi) is 16.2. The molecule has 1 aliphatic carbocycles. The monoisotopic (exact) mass is 534 g/mol. The van der Waals surface area contributed by atoms with E-state index in [0.29, 0.717) is 23.9 Å². The van der Waals surface area contributed by atoms with Gasteiger partial charge in [0, 0.05) is 24.3 Å². The quantitative estimate of drug-likeness (QED) is 0.302. The molecule has 0 N–H and O–H groups in total. The van der Waals surface area contributed by atoms with Gasteiger partial charge in [-0.15, -0.1) is 0 Å². The van der Waals surface area contributed by atoms with Gasteiger partial charge in [-0.1, -0.05) is 69.2 Å². The second-order valence-electron chi connectivity index (χ2n) is 7.88. The van der Waals surface area contributed by atoms with Crippen molar-refractivity contribution in [1.29, 1.82) is 0 Å². The Bertz CT molecular complexity index is 1180. The summed E-state index contributed by atoms with van der Waals surface area (Å²) in [4.78, 5) is 0. The summed E-state index contributed by atoms with van der Waals surface area (Å²) in [7, 11) is 1.49. The fourth-order valence-corrected chi connectivity index (χ4v) is 3.14. The van der Waals surface area contributed by atoms with Gasteiger partial charge in [-0.05, 0) is 63.6 Å². The van der Waals surface area contributed by atoms with E-state index >= 15 is 0 Å². The number of allylic oxidation sites excluding steroid dienone is 4. The summed E-state index contributed by atoms with van der Waals surface area (Å²) in [5, 5.41) is 0. The van der Waals surface area contributed by atoms with Gasteiger partial charge in [0.15, 0.2) is 0 Å². The van der Waals surface area contributed by atoms with Gasteiger partial charge in [-0.3, -0.25) is 0 Å². The first kappa shape index (κ1) is 33.0. The maximum absolute atomic E-state index is 13.2. The van der Waals surface area contributed by atoms with Crippen molar-refractivity contribution >= 4 is 0 Å². The van der Waals surface area contributed by atoms with Crippen molar-refractivity contribution in [3.05, 3.63) is 119 Å². The fraction of sp³-hybridized carbons (Fsp3) is 0.294. The van der Waals surface area contributed by atoms with Crippen LogP contribution in [0.4, 0.5) is 4.39 Å². The Morgan fingerprint density at radius 1 is 0.692 bits per heavy atom. The molecule has 0 aliphatic heterocycles. The molecule has 1 aliphatic rings. The van der Waals surface area contributed by atoms with Gasteiger partial charge in [-0.2, -0.15) is 0 Å². The molecule has 0 atom stereocenters. The van der Waals surface area contributed by atoms with E-state index in [1.165, 1.54) is 24.8 Å². The Hall–Kier alpha value is -3.99. The zero-order valence-corrected chi connectivity index (χ0v) is 24.6. The summed E-state index contributed by atoms with van der Waals surface area (Å²) in [5.74, 6) is 3.66. The lowest BCUT2D eigenvalue weighted by molar-refractivity contribution is 0.240. The van der Waals surface area contributed by atoms with E-state index in [1.807, 2.05) is 108 Å². The van der Waals surface area contributed by atoms with Crippen molar-refractivity contribution in [2.45, 2.75) is 54.9 Å². The lowest BCUT2D eigenvalue weighted by Crippen LogP contribution is -1.95. The number of rotatable bonds is 7. The molecule has 0 aromatic heterocycles. The number of hydrogen-bond acceptors (Lipinski definition) is 4. The maximum Gasteiger partial charge on any atom is 0.134 e. The molecule has 0 radical (unpaired) electrons. The van der Waals surface area contributed by atoms with Gasteiger partial charge in [0.2, 0.25) is 0 Å². The normalized spacial score (nSPS) is 11.4. The lowest BCUT2D eigenvalue weighted by atomic mass is 10.2. The van der Waals surface area contributed by atoms with Crippen LogP contribution >= 0.6 is 0 Å². The van der Waals surface area contributed by atoms with Crippen LogP contribution in [0.2, 0.25) is 0 Å². The molecule has 4 rings (SSSR count). The van der Waals surface area contributed by atoms with Crippen LogP contribution in [0.15, 0.2) is 103 Å². The van der Waals surface area contributed by atoms with Gasteiger partial charge in [0.1, 0.15) is 40.3 Å². The van der Waals surface area contributed by atoms with Crippen molar-refractivity contribution < 1.29 is 23.3 Å². The molecule has 0 bridgehead atoms. The number of aryl methyl sites for hydroxylation is 2. The van der Waals surface area contributed by atoms with E-state index < -0.39 is 0 Å². The number of hydrogen-bond donors (Lipinski definition) is 0. The minimum absolute atomic E-state index is 0.383. The van der Waals surface area contributed by atoms with Gasteiger partial charge in [-0.25, -0.2) is 4.39 Å². The smallest absolute Gasteiger partial charge is 0.134 e. The average Bonchev–Trinajstić information content (AvgIpc) is 3.18. The minimum atomic E-state index is -0.383. The van der Waals surface area contributed by atoms with Gasteiger partial charge < -0.3 is 18.9 Å².